The highest BCUT2D eigenvalue weighted by Gasteiger charge is 2.20. The Bertz CT molecular complexity index is 446. The first kappa shape index (κ1) is 17.6. The molecule has 0 saturated carbocycles. The Labute approximate surface area is 128 Å². The van der Waals surface area contributed by atoms with Crippen molar-refractivity contribution >= 4 is 5.91 Å². The van der Waals surface area contributed by atoms with Crippen molar-refractivity contribution in [2.75, 3.05) is 26.7 Å². The SMILES string of the molecule is CCN(CC)C(=O)CC(CN)N(C)Cc1cccc(C)n1. The van der Waals surface area contributed by atoms with Crippen LogP contribution >= 0.6 is 0 Å². The summed E-state index contributed by atoms with van der Waals surface area (Å²) in [5, 5.41) is 0. The molecule has 5 heteroatoms. The molecule has 1 aromatic rings. The first-order chi connectivity index (χ1) is 10.0. The Balaban J connectivity index is 2.64. The number of aromatic nitrogens is 1. The highest BCUT2D eigenvalue weighted by molar-refractivity contribution is 5.76. The first-order valence-electron chi connectivity index (χ1n) is 7.62. The number of pyridine rings is 1. The van der Waals surface area contributed by atoms with Crippen LogP contribution in [0.4, 0.5) is 0 Å². The van der Waals surface area contributed by atoms with Crippen molar-refractivity contribution in [1.29, 1.82) is 0 Å². The maximum atomic E-state index is 12.2. The fourth-order valence-corrected chi connectivity index (χ4v) is 2.40. The predicted molar refractivity (Wildman–Crippen MR) is 85.8 cm³/mol. The third-order valence-corrected chi connectivity index (χ3v) is 3.78. The van der Waals surface area contributed by atoms with Gasteiger partial charge in [0.2, 0.25) is 5.91 Å². The molecule has 0 aliphatic rings. The van der Waals surface area contributed by atoms with Gasteiger partial charge in [0.05, 0.1) is 5.69 Å². The van der Waals surface area contributed by atoms with E-state index in [1.165, 1.54) is 0 Å². The van der Waals surface area contributed by atoms with E-state index in [9.17, 15) is 4.79 Å². The van der Waals surface area contributed by atoms with E-state index in [1.54, 1.807) is 0 Å². The van der Waals surface area contributed by atoms with Gasteiger partial charge in [-0.25, -0.2) is 0 Å². The van der Waals surface area contributed by atoms with Gasteiger partial charge in [0.15, 0.2) is 0 Å². The van der Waals surface area contributed by atoms with Gasteiger partial charge in [-0.2, -0.15) is 0 Å². The van der Waals surface area contributed by atoms with E-state index < -0.39 is 0 Å². The topological polar surface area (TPSA) is 62.5 Å². The minimum Gasteiger partial charge on any atom is -0.343 e. The van der Waals surface area contributed by atoms with Crippen molar-refractivity contribution in [3.63, 3.8) is 0 Å². The molecule has 0 fully saturated rings. The van der Waals surface area contributed by atoms with E-state index in [4.69, 9.17) is 5.73 Å². The predicted octanol–water partition coefficient (Wildman–Crippen LogP) is 1.41. The summed E-state index contributed by atoms with van der Waals surface area (Å²) in [5.74, 6) is 0.166. The molecule has 2 N–H and O–H groups in total. The van der Waals surface area contributed by atoms with Crippen LogP contribution in [0.1, 0.15) is 31.7 Å². The molecule has 21 heavy (non-hydrogen) atoms. The maximum Gasteiger partial charge on any atom is 0.224 e. The van der Waals surface area contributed by atoms with Crippen molar-refractivity contribution in [3.8, 4) is 0 Å². The smallest absolute Gasteiger partial charge is 0.224 e. The van der Waals surface area contributed by atoms with Crippen LogP contribution in [0, 0.1) is 6.92 Å². The zero-order valence-corrected chi connectivity index (χ0v) is 13.7. The monoisotopic (exact) mass is 292 g/mol. The minimum atomic E-state index is 0.0420. The van der Waals surface area contributed by atoms with Gasteiger partial charge in [-0.1, -0.05) is 6.07 Å². The van der Waals surface area contributed by atoms with E-state index in [0.29, 0.717) is 19.5 Å². The first-order valence-corrected chi connectivity index (χ1v) is 7.62. The van der Waals surface area contributed by atoms with Crippen LogP contribution in [0.2, 0.25) is 0 Å². The van der Waals surface area contributed by atoms with Crippen molar-refractivity contribution in [2.24, 2.45) is 5.73 Å². The van der Waals surface area contributed by atoms with Gasteiger partial charge in [0.25, 0.3) is 0 Å². The maximum absolute atomic E-state index is 12.2. The highest BCUT2D eigenvalue weighted by atomic mass is 16.2. The fraction of sp³-hybridized carbons (Fsp3) is 0.625. The van der Waals surface area contributed by atoms with E-state index in [0.717, 1.165) is 24.5 Å². The summed E-state index contributed by atoms with van der Waals surface area (Å²) < 4.78 is 0. The number of hydrogen-bond acceptors (Lipinski definition) is 4. The molecule has 1 atom stereocenters. The lowest BCUT2D eigenvalue weighted by Gasteiger charge is -2.28. The lowest BCUT2D eigenvalue weighted by Crippen LogP contribution is -2.42. The lowest BCUT2D eigenvalue weighted by molar-refractivity contribution is -0.132. The summed E-state index contributed by atoms with van der Waals surface area (Å²) in [7, 11) is 2.00. The quantitative estimate of drug-likeness (QED) is 0.787. The molecule has 5 nitrogen and oxygen atoms in total. The molecular formula is C16H28N4O. The zero-order valence-electron chi connectivity index (χ0n) is 13.7. The molecule has 1 heterocycles. The number of hydrogen-bond donors (Lipinski definition) is 1. The molecule has 1 amide bonds. The van der Waals surface area contributed by atoms with Crippen LogP contribution in [0.3, 0.4) is 0 Å². The Morgan fingerprint density at radius 2 is 2.00 bits per heavy atom. The summed E-state index contributed by atoms with van der Waals surface area (Å²) in [6.07, 6.45) is 0.459. The van der Waals surface area contributed by atoms with Crippen LogP contribution < -0.4 is 5.73 Å². The van der Waals surface area contributed by atoms with Gasteiger partial charge < -0.3 is 10.6 Å². The van der Waals surface area contributed by atoms with Crippen molar-refractivity contribution < 1.29 is 4.79 Å². The normalized spacial score (nSPS) is 12.5. The summed E-state index contributed by atoms with van der Waals surface area (Å²) in [6, 6.07) is 6.03. The number of carbonyl (C=O) groups excluding carboxylic acids is 1. The second kappa shape index (κ2) is 8.74. The molecule has 0 spiro atoms. The molecule has 0 aromatic carbocycles. The average molecular weight is 292 g/mol. The molecule has 1 aromatic heterocycles. The lowest BCUT2D eigenvalue weighted by atomic mass is 10.1. The second-order valence-electron chi connectivity index (χ2n) is 5.35. The summed E-state index contributed by atoms with van der Waals surface area (Å²) >= 11 is 0. The number of rotatable bonds is 8. The van der Waals surface area contributed by atoms with Crippen LogP contribution in [0.5, 0.6) is 0 Å². The van der Waals surface area contributed by atoms with E-state index >= 15 is 0 Å². The van der Waals surface area contributed by atoms with Crippen molar-refractivity contribution in [3.05, 3.63) is 29.6 Å². The molecule has 1 unspecified atom stereocenters. The van der Waals surface area contributed by atoms with Gasteiger partial charge in [-0.3, -0.25) is 14.7 Å². The Morgan fingerprint density at radius 3 is 2.52 bits per heavy atom. The van der Waals surface area contributed by atoms with Gasteiger partial charge in [0.1, 0.15) is 0 Å². The fourth-order valence-electron chi connectivity index (χ4n) is 2.40. The molecule has 0 aliphatic carbocycles. The second-order valence-corrected chi connectivity index (χ2v) is 5.35. The van der Waals surface area contributed by atoms with E-state index in [2.05, 4.69) is 9.88 Å². The van der Waals surface area contributed by atoms with Crippen LogP contribution in [0.15, 0.2) is 18.2 Å². The molecule has 118 valence electrons. The Hall–Kier alpha value is -1.46. The van der Waals surface area contributed by atoms with Gasteiger partial charge in [-0.15, -0.1) is 0 Å². The van der Waals surface area contributed by atoms with Gasteiger partial charge in [0, 0.05) is 44.3 Å². The Morgan fingerprint density at radius 1 is 1.33 bits per heavy atom. The highest BCUT2D eigenvalue weighted by Crippen LogP contribution is 2.09. The largest absolute Gasteiger partial charge is 0.343 e. The molecule has 0 saturated heterocycles. The van der Waals surface area contributed by atoms with E-state index in [1.807, 2.05) is 50.9 Å². The number of aryl methyl sites for hydroxylation is 1. The number of likely N-dealkylation sites (N-methyl/N-ethyl adjacent to an activating group) is 1. The van der Waals surface area contributed by atoms with E-state index in [-0.39, 0.29) is 11.9 Å². The standard InChI is InChI=1S/C16H28N4O/c1-5-20(6-2)16(21)10-15(11-17)19(4)12-14-9-7-8-13(3)18-14/h7-9,15H,5-6,10-12,17H2,1-4H3. The number of amides is 1. The molecular weight excluding hydrogens is 264 g/mol. The minimum absolute atomic E-state index is 0.0420. The van der Waals surface area contributed by atoms with Crippen LogP contribution in [-0.4, -0.2) is 53.4 Å². The summed E-state index contributed by atoms with van der Waals surface area (Å²) in [5.41, 5.74) is 7.87. The number of carbonyl (C=O) groups is 1. The van der Waals surface area contributed by atoms with Crippen molar-refractivity contribution in [2.45, 2.75) is 39.8 Å². The molecule has 1 rings (SSSR count). The average Bonchev–Trinajstić information content (AvgIpc) is 2.45. The van der Waals surface area contributed by atoms with Crippen LogP contribution in [-0.2, 0) is 11.3 Å². The zero-order chi connectivity index (χ0) is 15.8. The van der Waals surface area contributed by atoms with Crippen molar-refractivity contribution in [1.82, 2.24) is 14.8 Å². The third-order valence-electron chi connectivity index (χ3n) is 3.78. The number of nitrogens with zero attached hydrogens (tertiary/aromatic N) is 3. The molecule has 0 aliphatic heterocycles. The molecule has 0 bridgehead atoms. The third kappa shape index (κ3) is 5.44. The Kier molecular flexibility index (Phi) is 7.32. The summed E-state index contributed by atoms with van der Waals surface area (Å²) in [6.45, 7) is 8.64. The summed E-state index contributed by atoms with van der Waals surface area (Å²) in [4.78, 5) is 20.7. The van der Waals surface area contributed by atoms with Gasteiger partial charge in [-0.05, 0) is 40.0 Å². The van der Waals surface area contributed by atoms with Gasteiger partial charge >= 0.3 is 0 Å². The van der Waals surface area contributed by atoms with Crippen LogP contribution in [0.25, 0.3) is 0 Å². The number of nitrogens with two attached hydrogens (primary N) is 1. The molecule has 0 radical (unpaired) electrons.